The summed E-state index contributed by atoms with van der Waals surface area (Å²) in [6, 6.07) is 12.8. The van der Waals surface area contributed by atoms with Crippen molar-refractivity contribution in [2.75, 3.05) is 12.3 Å². The van der Waals surface area contributed by atoms with Crippen molar-refractivity contribution >= 4 is 51.0 Å². The fourth-order valence-electron chi connectivity index (χ4n) is 3.26. The molecule has 0 saturated carbocycles. The van der Waals surface area contributed by atoms with Crippen molar-refractivity contribution in [2.24, 2.45) is 4.99 Å². The number of aromatic nitrogens is 2. The number of halogens is 1. The van der Waals surface area contributed by atoms with Gasteiger partial charge in [0.05, 0.1) is 22.9 Å². The molecule has 1 saturated heterocycles. The van der Waals surface area contributed by atoms with Crippen molar-refractivity contribution in [3.05, 3.63) is 69.7 Å². The standard InChI is InChI=1S/C22H21ClN4O2S/c1-15-7-8-16(13-18(15)23)25-22-27(10-4-12-30-22)20(28)9-11-26-14-24-19-6-3-2-5-17(19)21(26)29/h2-3,5-8,13-14H,4,9-12H2,1H3. The highest BCUT2D eigenvalue weighted by Gasteiger charge is 2.23. The SMILES string of the molecule is Cc1ccc(N=C2SCCCN2C(=O)CCn2cnc3ccccc3c2=O)cc1Cl. The monoisotopic (exact) mass is 440 g/mol. The van der Waals surface area contributed by atoms with Crippen molar-refractivity contribution in [3.63, 3.8) is 0 Å². The number of aliphatic imine (C=N–C) groups is 1. The molecule has 1 amide bonds. The van der Waals surface area contributed by atoms with Gasteiger partial charge in [-0.2, -0.15) is 0 Å². The molecule has 1 aromatic heterocycles. The third kappa shape index (κ3) is 4.42. The minimum absolute atomic E-state index is 0.0563. The average Bonchev–Trinajstić information content (AvgIpc) is 2.76. The number of hydrogen-bond acceptors (Lipinski definition) is 5. The van der Waals surface area contributed by atoms with E-state index in [1.165, 1.54) is 10.9 Å². The van der Waals surface area contributed by atoms with Gasteiger partial charge >= 0.3 is 0 Å². The van der Waals surface area contributed by atoms with Gasteiger partial charge in [0.25, 0.3) is 5.56 Å². The van der Waals surface area contributed by atoms with E-state index >= 15 is 0 Å². The van der Waals surface area contributed by atoms with E-state index in [-0.39, 0.29) is 24.4 Å². The number of amidine groups is 1. The third-order valence-electron chi connectivity index (χ3n) is 4.97. The summed E-state index contributed by atoms with van der Waals surface area (Å²) in [5.41, 5.74) is 2.23. The molecule has 6 nitrogen and oxygen atoms in total. The Morgan fingerprint density at radius 1 is 1.27 bits per heavy atom. The summed E-state index contributed by atoms with van der Waals surface area (Å²) in [7, 11) is 0. The van der Waals surface area contributed by atoms with Gasteiger partial charge < -0.3 is 0 Å². The lowest BCUT2D eigenvalue weighted by Crippen LogP contribution is -2.40. The molecular weight excluding hydrogens is 420 g/mol. The molecule has 30 heavy (non-hydrogen) atoms. The summed E-state index contributed by atoms with van der Waals surface area (Å²) >= 11 is 7.77. The van der Waals surface area contributed by atoms with Gasteiger partial charge in [-0.25, -0.2) is 9.98 Å². The van der Waals surface area contributed by atoms with E-state index < -0.39 is 0 Å². The molecule has 3 aromatic rings. The van der Waals surface area contributed by atoms with Gasteiger partial charge in [0.2, 0.25) is 5.91 Å². The first-order valence-electron chi connectivity index (χ1n) is 9.75. The predicted octanol–water partition coefficient (Wildman–Crippen LogP) is 4.40. The van der Waals surface area contributed by atoms with Crippen molar-refractivity contribution in [1.82, 2.24) is 14.5 Å². The summed E-state index contributed by atoms with van der Waals surface area (Å²) in [5, 5.41) is 1.88. The number of para-hydroxylation sites is 1. The maximum atomic E-state index is 12.9. The first-order valence-corrected chi connectivity index (χ1v) is 11.1. The van der Waals surface area contributed by atoms with Gasteiger partial charge in [-0.3, -0.25) is 19.1 Å². The van der Waals surface area contributed by atoms with Crippen LogP contribution in [0.2, 0.25) is 5.02 Å². The summed E-state index contributed by atoms with van der Waals surface area (Å²) in [4.78, 5) is 36.3. The Bertz CT molecular complexity index is 1190. The number of fused-ring (bicyclic) bond motifs is 1. The number of rotatable bonds is 4. The zero-order chi connectivity index (χ0) is 21.1. The molecule has 2 heterocycles. The lowest BCUT2D eigenvalue weighted by Gasteiger charge is -2.28. The first-order chi connectivity index (χ1) is 14.5. The van der Waals surface area contributed by atoms with Gasteiger partial charge in [0.1, 0.15) is 0 Å². The summed E-state index contributed by atoms with van der Waals surface area (Å²) in [6.07, 6.45) is 2.61. The van der Waals surface area contributed by atoms with Crippen LogP contribution < -0.4 is 5.56 Å². The molecule has 0 atom stereocenters. The van der Waals surface area contributed by atoms with E-state index in [0.717, 1.165) is 23.4 Å². The summed E-state index contributed by atoms with van der Waals surface area (Å²) in [5.74, 6) is 0.857. The second-order valence-corrected chi connectivity index (χ2v) is 8.55. The number of carbonyl (C=O) groups excluding carboxylic acids is 1. The number of amides is 1. The van der Waals surface area contributed by atoms with Crippen LogP contribution in [0, 0.1) is 6.92 Å². The molecule has 1 aliphatic heterocycles. The zero-order valence-corrected chi connectivity index (χ0v) is 18.1. The van der Waals surface area contributed by atoms with Crippen LogP contribution in [0.1, 0.15) is 18.4 Å². The smallest absolute Gasteiger partial charge is 0.261 e. The Balaban J connectivity index is 1.51. The molecule has 2 aromatic carbocycles. The van der Waals surface area contributed by atoms with Crippen LogP contribution in [-0.2, 0) is 11.3 Å². The van der Waals surface area contributed by atoms with E-state index in [1.54, 1.807) is 28.8 Å². The van der Waals surface area contributed by atoms with Crippen LogP contribution >= 0.6 is 23.4 Å². The number of thioether (sulfide) groups is 1. The molecular formula is C22H21ClN4O2S. The highest BCUT2D eigenvalue weighted by Crippen LogP contribution is 2.26. The highest BCUT2D eigenvalue weighted by atomic mass is 35.5. The second-order valence-electron chi connectivity index (χ2n) is 7.09. The predicted molar refractivity (Wildman–Crippen MR) is 123 cm³/mol. The molecule has 0 spiro atoms. The van der Waals surface area contributed by atoms with Crippen LogP contribution in [0.5, 0.6) is 0 Å². The van der Waals surface area contributed by atoms with Gasteiger partial charge in [0.15, 0.2) is 5.17 Å². The second kappa shape index (κ2) is 9.02. The van der Waals surface area contributed by atoms with E-state index in [9.17, 15) is 9.59 Å². The fourth-order valence-corrected chi connectivity index (χ4v) is 4.41. The molecule has 0 aliphatic carbocycles. The van der Waals surface area contributed by atoms with Crippen LogP contribution in [0.25, 0.3) is 10.9 Å². The van der Waals surface area contributed by atoms with Crippen LogP contribution in [-0.4, -0.2) is 37.8 Å². The Kier molecular flexibility index (Phi) is 6.20. The van der Waals surface area contributed by atoms with E-state index in [1.807, 2.05) is 37.3 Å². The van der Waals surface area contributed by atoms with Crippen LogP contribution in [0.15, 0.2) is 58.6 Å². The molecule has 1 aliphatic rings. The lowest BCUT2D eigenvalue weighted by atomic mass is 10.2. The van der Waals surface area contributed by atoms with E-state index in [4.69, 9.17) is 11.6 Å². The van der Waals surface area contributed by atoms with Gasteiger partial charge in [0, 0.05) is 30.3 Å². The Labute approximate surface area is 183 Å². The van der Waals surface area contributed by atoms with Crippen LogP contribution in [0.4, 0.5) is 5.69 Å². The molecule has 0 bridgehead atoms. The Morgan fingerprint density at radius 3 is 2.93 bits per heavy atom. The Hall–Kier alpha value is -2.64. The van der Waals surface area contributed by atoms with E-state index in [0.29, 0.717) is 27.6 Å². The average molecular weight is 441 g/mol. The lowest BCUT2D eigenvalue weighted by molar-refractivity contribution is -0.127. The molecule has 1 fully saturated rings. The summed E-state index contributed by atoms with van der Waals surface area (Å²) in [6.45, 7) is 2.84. The molecule has 0 N–H and O–H groups in total. The molecule has 0 unspecified atom stereocenters. The number of hydrogen-bond donors (Lipinski definition) is 0. The summed E-state index contributed by atoms with van der Waals surface area (Å²) < 4.78 is 1.49. The fraction of sp³-hybridized carbons (Fsp3) is 0.273. The molecule has 4 rings (SSSR count). The highest BCUT2D eigenvalue weighted by molar-refractivity contribution is 8.13. The van der Waals surface area contributed by atoms with Crippen molar-refractivity contribution in [1.29, 1.82) is 0 Å². The van der Waals surface area contributed by atoms with Gasteiger partial charge in [-0.05, 0) is 43.2 Å². The maximum absolute atomic E-state index is 12.9. The molecule has 154 valence electrons. The minimum atomic E-state index is -0.135. The van der Waals surface area contributed by atoms with Crippen molar-refractivity contribution in [3.8, 4) is 0 Å². The van der Waals surface area contributed by atoms with Gasteiger partial charge in [-0.1, -0.05) is 41.6 Å². The van der Waals surface area contributed by atoms with Gasteiger partial charge in [-0.15, -0.1) is 0 Å². The number of carbonyl (C=O) groups is 1. The van der Waals surface area contributed by atoms with Crippen molar-refractivity contribution in [2.45, 2.75) is 26.3 Å². The largest absolute Gasteiger partial charge is 0.298 e. The maximum Gasteiger partial charge on any atom is 0.261 e. The number of aryl methyl sites for hydroxylation is 2. The topological polar surface area (TPSA) is 67.6 Å². The van der Waals surface area contributed by atoms with E-state index in [2.05, 4.69) is 9.98 Å². The normalized spacial score (nSPS) is 15.7. The number of nitrogens with zero attached hydrogens (tertiary/aromatic N) is 4. The van der Waals surface area contributed by atoms with Crippen LogP contribution in [0.3, 0.4) is 0 Å². The number of benzene rings is 2. The first kappa shape index (κ1) is 20.6. The van der Waals surface area contributed by atoms with Crippen molar-refractivity contribution < 1.29 is 4.79 Å². The third-order valence-corrected chi connectivity index (χ3v) is 6.44. The quantitative estimate of drug-likeness (QED) is 0.603. The molecule has 0 radical (unpaired) electrons. The Morgan fingerprint density at radius 2 is 2.10 bits per heavy atom. The molecule has 8 heteroatoms. The minimum Gasteiger partial charge on any atom is -0.298 e. The zero-order valence-electron chi connectivity index (χ0n) is 16.5.